The monoisotopic (exact) mass is 316 g/mol. The van der Waals surface area contributed by atoms with E-state index in [4.69, 9.17) is 9.84 Å². The number of ether oxygens (including phenoxy) is 1. The van der Waals surface area contributed by atoms with Gasteiger partial charge in [-0.25, -0.2) is 0 Å². The first kappa shape index (κ1) is 16.9. The van der Waals surface area contributed by atoms with E-state index < -0.39 is 11.6 Å². The molecular weight excluding hydrogens is 296 g/mol. The predicted octanol–water partition coefficient (Wildman–Crippen LogP) is 1.80. The van der Waals surface area contributed by atoms with Crippen LogP contribution in [0, 0.1) is 0 Å². The standard InChI is InChI=1S/C17H20N2O4/c1-17(2,3)23-15(21)9-19-16(22)13-6-7-18-14-8-11(10-20)4-5-12(13)14/h4-8,20H,9-10H2,1-3H3,(H,19,22). The second-order valence-corrected chi connectivity index (χ2v) is 6.14. The molecule has 2 aromatic rings. The number of pyridine rings is 1. The zero-order valence-electron chi connectivity index (χ0n) is 13.4. The number of nitrogens with zero attached hydrogens (tertiary/aromatic N) is 1. The zero-order chi connectivity index (χ0) is 17.0. The number of hydrogen-bond acceptors (Lipinski definition) is 5. The van der Waals surface area contributed by atoms with Crippen LogP contribution in [-0.2, 0) is 16.1 Å². The average Bonchev–Trinajstić information content (AvgIpc) is 2.49. The second kappa shape index (κ2) is 6.75. The van der Waals surface area contributed by atoms with E-state index in [1.54, 1.807) is 45.0 Å². The van der Waals surface area contributed by atoms with Crippen molar-refractivity contribution in [2.24, 2.45) is 0 Å². The number of fused-ring (bicyclic) bond motifs is 1. The van der Waals surface area contributed by atoms with Gasteiger partial charge in [0.2, 0.25) is 0 Å². The van der Waals surface area contributed by atoms with Crippen LogP contribution in [0.15, 0.2) is 30.5 Å². The molecule has 1 aromatic carbocycles. The highest BCUT2D eigenvalue weighted by molar-refractivity contribution is 6.06. The van der Waals surface area contributed by atoms with Crippen molar-refractivity contribution < 1.29 is 19.4 Å². The minimum absolute atomic E-state index is 0.0906. The van der Waals surface area contributed by atoms with E-state index in [-0.39, 0.29) is 19.1 Å². The Morgan fingerprint density at radius 3 is 2.65 bits per heavy atom. The normalized spacial score (nSPS) is 11.3. The van der Waals surface area contributed by atoms with Crippen molar-refractivity contribution in [1.29, 1.82) is 0 Å². The van der Waals surface area contributed by atoms with Crippen molar-refractivity contribution in [2.75, 3.05) is 6.54 Å². The summed E-state index contributed by atoms with van der Waals surface area (Å²) in [6.07, 6.45) is 1.52. The first-order valence-electron chi connectivity index (χ1n) is 7.29. The summed E-state index contributed by atoms with van der Waals surface area (Å²) in [7, 11) is 0. The van der Waals surface area contributed by atoms with Crippen molar-refractivity contribution in [3.8, 4) is 0 Å². The number of carbonyl (C=O) groups is 2. The van der Waals surface area contributed by atoms with E-state index in [9.17, 15) is 9.59 Å². The number of aromatic nitrogens is 1. The predicted molar refractivity (Wildman–Crippen MR) is 85.8 cm³/mol. The summed E-state index contributed by atoms with van der Waals surface area (Å²) in [5.74, 6) is -0.869. The lowest BCUT2D eigenvalue weighted by Gasteiger charge is -2.19. The first-order valence-corrected chi connectivity index (χ1v) is 7.29. The molecule has 1 amide bonds. The molecule has 1 heterocycles. The van der Waals surface area contributed by atoms with Gasteiger partial charge in [-0.15, -0.1) is 0 Å². The van der Waals surface area contributed by atoms with Crippen LogP contribution in [0.25, 0.3) is 10.9 Å². The van der Waals surface area contributed by atoms with Crippen LogP contribution in [0.1, 0.15) is 36.7 Å². The lowest BCUT2D eigenvalue weighted by Crippen LogP contribution is -2.34. The molecular formula is C17H20N2O4. The van der Waals surface area contributed by atoms with Crippen molar-refractivity contribution >= 4 is 22.8 Å². The molecule has 23 heavy (non-hydrogen) atoms. The highest BCUT2D eigenvalue weighted by atomic mass is 16.6. The second-order valence-electron chi connectivity index (χ2n) is 6.14. The molecule has 0 aliphatic heterocycles. The Balaban J connectivity index is 2.14. The van der Waals surface area contributed by atoms with E-state index in [0.717, 1.165) is 5.56 Å². The Hall–Kier alpha value is -2.47. The number of carbonyl (C=O) groups excluding carboxylic acids is 2. The number of nitrogens with one attached hydrogen (secondary N) is 1. The van der Waals surface area contributed by atoms with Crippen LogP contribution in [0.5, 0.6) is 0 Å². The topological polar surface area (TPSA) is 88.5 Å². The largest absolute Gasteiger partial charge is 0.459 e. The van der Waals surface area contributed by atoms with E-state index >= 15 is 0 Å². The highest BCUT2D eigenvalue weighted by Gasteiger charge is 2.18. The summed E-state index contributed by atoms with van der Waals surface area (Å²) in [6.45, 7) is 5.01. The van der Waals surface area contributed by atoms with Crippen molar-refractivity contribution in [1.82, 2.24) is 10.3 Å². The van der Waals surface area contributed by atoms with Crippen LogP contribution in [0.2, 0.25) is 0 Å². The lowest BCUT2D eigenvalue weighted by atomic mass is 10.1. The third-order valence-corrected chi connectivity index (χ3v) is 3.05. The Kier molecular flexibility index (Phi) is 4.95. The van der Waals surface area contributed by atoms with E-state index in [2.05, 4.69) is 10.3 Å². The van der Waals surface area contributed by atoms with Gasteiger partial charge in [0.05, 0.1) is 17.7 Å². The van der Waals surface area contributed by atoms with Crippen molar-refractivity contribution in [3.63, 3.8) is 0 Å². The van der Waals surface area contributed by atoms with Crippen LogP contribution < -0.4 is 5.32 Å². The van der Waals surface area contributed by atoms with E-state index in [0.29, 0.717) is 16.5 Å². The minimum Gasteiger partial charge on any atom is -0.459 e. The Labute approximate surface area is 134 Å². The smallest absolute Gasteiger partial charge is 0.325 e. The van der Waals surface area contributed by atoms with Crippen LogP contribution >= 0.6 is 0 Å². The fourth-order valence-corrected chi connectivity index (χ4v) is 2.12. The number of aliphatic hydroxyl groups is 1. The molecule has 6 heteroatoms. The molecule has 0 saturated heterocycles. The molecule has 0 bridgehead atoms. The van der Waals surface area contributed by atoms with Gasteiger partial charge >= 0.3 is 5.97 Å². The Morgan fingerprint density at radius 2 is 2.00 bits per heavy atom. The van der Waals surface area contributed by atoms with Gasteiger partial charge in [-0.05, 0) is 38.5 Å². The molecule has 0 unspecified atom stereocenters. The maximum absolute atomic E-state index is 12.3. The summed E-state index contributed by atoms with van der Waals surface area (Å²) in [6, 6.07) is 6.77. The molecule has 122 valence electrons. The van der Waals surface area contributed by atoms with E-state index in [1.807, 2.05) is 0 Å². The van der Waals surface area contributed by atoms with Gasteiger partial charge in [0.1, 0.15) is 12.1 Å². The summed E-state index contributed by atoms with van der Waals surface area (Å²) >= 11 is 0. The molecule has 6 nitrogen and oxygen atoms in total. The Morgan fingerprint density at radius 1 is 1.26 bits per heavy atom. The molecule has 0 spiro atoms. The molecule has 0 aliphatic carbocycles. The number of benzene rings is 1. The number of esters is 1. The third-order valence-electron chi connectivity index (χ3n) is 3.05. The van der Waals surface area contributed by atoms with Gasteiger partial charge < -0.3 is 15.2 Å². The van der Waals surface area contributed by atoms with Crippen LogP contribution in [-0.4, -0.2) is 34.1 Å². The maximum atomic E-state index is 12.3. The van der Waals surface area contributed by atoms with Crippen LogP contribution in [0.3, 0.4) is 0 Å². The van der Waals surface area contributed by atoms with Gasteiger partial charge in [-0.3, -0.25) is 14.6 Å². The molecule has 0 atom stereocenters. The van der Waals surface area contributed by atoms with Crippen molar-refractivity contribution in [3.05, 3.63) is 41.6 Å². The van der Waals surface area contributed by atoms with Crippen molar-refractivity contribution in [2.45, 2.75) is 33.0 Å². The fourth-order valence-electron chi connectivity index (χ4n) is 2.12. The molecule has 0 saturated carbocycles. The van der Waals surface area contributed by atoms with Gasteiger partial charge in [0, 0.05) is 11.6 Å². The van der Waals surface area contributed by atoms with E-state index in [1.165, 1.54) is 6.20 Å². The van der Waals surface area contributed by atoms with Gasteiger partial charge in [-0.2, -0.15) is 0 Å². The summed E-state index contributed by atoms with van der Waals surface area (Å²) in [5.41, 5.74) is 1.16. The SMILES string of the molecule is CC(C)(C)OC(=O)CNC(=O)c1ccnc2cc(CO)ccc12. The lowest BCUT2D eigenvalue weighted by molar-refractivity contribution is -0.153. The molecule has 2 rings (SSSR count). The third kappa shape index (κ3) is 4.50. The summed E-state index contributed by atoms with van der Waals surface area (Å²) in [5, 5.41) is 12.4. The first-order chi connectivity index (χ1) is 10.8. The Bertz CT molecular complexity index is 735. The minimum atomic E-state index is -0.591. The number of amides is 1. The van der Waals surface area contributed by atoms with Gasteiger partial charge in [0.25, 0.3) is 5.91 Å². The summed E-state index contributed by atoms with van der Waals surface area (Å²) < 4.78 is 5.15. The quantitative estimate of drug-likeness (QED) is 0.840. The number of aliphatic hydroxyl groups excluding tert-OH is 1. The fraction of sp³-hybridized carbons (Fsp3) is 0.353. The molecule has 2 N–H and O–H groups in total. The molecule has 1 aromatic heterocycles. The summed E-state index contributed by atoms with van der Waals surface area (Å²) in [4.78, 5) is 28.1. The highest BCUT2D eigenvalue weighted by Crippen LogP contribution is 2.18. The maximum Gasteiger partial charge on any atom is 0.325 e. The molecule has 0 aliphatic rings. The zero-order valence-corrected chi connectivity index (χ0v) is 13.4. The van der Waals surface area contributed by atoms with Gasteiger partial charge in [0.15, 0.2) is 0 Å². The average molecular weight is 316 g/mol. The molecule has 0 radical (unpaired) electrons. The van der Waals surface area contributed by atoms with Crippen LogP contribution in [0.4, 0.5) is 0 Å². The number of hydrogen-bond donors (Lipinski definition) is 2. The number of rotatable bonds is 4. The molecule has 0 fully saturated rings. The van der Waals surface area contributed by atoms with Gasteiger partial charge in [-0.1, -0.05) is 12.1 Å².